The number of aromatic carboxylic acids is 1. The first-order valence-electron chi connectivity index (χ1n) is 4.03. The fraction of sp³-hybridized carbons (Fsp3) is 0. The molecule has 0 spiro atoms. The predicted molar refractivity (Wildman–Crippen MR) is 49.4 cm³/mol. The van der Waals surface area contributed by atoms with Crippen LogP contribution in [-0.2, 0) is 20.1 Å². The quantitative estimate of drug-likeness (QED) is 0.802. The van der Waals surface area contributed by atoms with Crippen LogP contribution in [0.4, 0.5) is 0 Å². The molecule has 5 heteroatoms. The van der Waals surface area contributed by atoms with Gasteiger partial charge in [-0.3, -0.25) is 4.68 Å². The standard InChI is InChI=1S/C10H7N2O2.Ir/c13-10(14)9-6-7-12(11-9)8-4-2-1-3-5-8;/h1-4,6-7H,(H,13,14);/q-1;. The summed E-state index contributed by atoms with van der Waals surface area (Å²) in [7, 11) is 0. The molecule has 2 rings (SSSR count). The summed E-state index contributed by atoms with van der Waals surface area (Å²) in [5.74, 6) is -1.03. The Morgan fingerprint density at radius 3 is 2.73 bits per heavy atom. The monoisotopic (exact) mass is 380 g/mol. The number of aromatic nitrogens is 2. The van der Waals surface area contributed by atoms with Crippen LogP contribution >= 0.6 is 0 Å². The molecular formula is C10H7IrN2O2-. The van der Waals surface area contributed by atoms with Crippen molar-refractivity contribution in [2.24, 2.45) is 0 Å². The molecule has 0 aliphatic carbocycles. The maximum absolute atomic E-state index is 10.6. The average molecular weight is 379 g/mol. The molecule has 0 saturated carbocycles. The molecule has 0 bridgehead atoms. The minimum absolute atomic E-state index is 0. The van der Waals surface area contributed by atoms with E-state index in [-0.39, 0.29) is 25.8 Å². The third-order valence-electron chi connectivity index (χ3n) is 1.75. The van der Waals surface area contributed by atoms with Gasteiger partial charge in [0.15, 0.2) is 5.69 Å². The number of hydrogen-bond donors (Lipinski definition) is 1. The Kier molecular flexibility index (Phi) is 3.77. The van der Waals surface area contributed by atoms with Gasteiger partial charge in [0, 0.05) is 26.3 Å². The third kappa shape index (κ3) is 2.52. The van der Waals surface area contributed by atoms with Gasteiger partial charge in [0.25, 0.3) is 0 Å². The minimum Gasteiger partial charge on any atom is -0.476 e. The normalized spacial score (nSPS) is 9.33. The van der Waals surface area contributed by atoms with Crippen molar-refractivity contribution in [3.63, 3.8) is 0 Å². The van der Waals surface area contributed by atoms with Crippen LogP contribution in [0.2, 0.25) is 0 Å². The summed E-state index contributed by atoms with van der Waals surface area (Å²) < 4.78 is 1.48. The Balaban J connectivity index is 0.00000112. The molecule has 0 amide bonds. The van der Waals surface area contributed by atoms with Crippen LogP contribution in [0.3, 0.4) is 0 Å². The molecule has 1 N–H and O–H groups in total. The maximum Gasteiger partial charge on any atom is 0.356 e. The van der Waals surface area contributed by atoms with Crippen LogP contribution in [0, 0.1) is 6.07 Å². The number of carbonyl (C=O) groups is 1. The van der Waals surface area contributed by atoms with E-state index in [1.807, 2.05) is 12.1 Å². The van der Waals surface area contributed by atoms with E-state index >= 15 is 0 Å². The minimum atomic E-state index is -1.03. The van der Waals surface area contributed by atoms with Gasteiger partial charge in [0.2, 0.25) is 0 Å². The fourth-order valence-electron chi connectivity index (χ4n) is 1.10. The predicted octanol–water partition coefficient (Wildman–Crippen LogP) is 1.37. The van der Waals surface area contributed by atoms with E-state index in [0.717, 1.165) is 5.69 Å². The molecule has 1 radical (unpaired) electrons. The van der Waals surface area contributed by atoms with Crippen molar-refractivity contribution in [3.05, 3.63) is 48.3 Å². The summed E-state index contributed by atoms with van der Waals surface area (Å²) in [6.45, 7) is 0. The van der Waals surface area contributed by atoms with Crippen molar-refractivity contribution in [2.75, 3.05) is 0 Å². The van der Waals surface area contributed by atoms with Gasteiger partial charge < -0.3 is 5.11 Å². The van der Waals surface area contributed by atoms with Gasteiger partial charge >= 0.3 is 5.97 Å². The van der Waals surface area contributed by atoms with Gasteiger partial charge in [-0.2, -0.15) is 29.4 Å². The van der Waals surface area contributed by atoms with Crippen molar-refractivity contribution >= 4 is 5.97 Å². The molecule has 0 aliphatic heterocycles. The molecule has 1 aromatic heterocycles. The first-order chi connectivity index (χ1) is 6.77. The molecule has 2 aromatic rings. The molecule has 0 atom stereocenters. The van der Waals surface area contributed by atoms with Crippen molar-refractivity contribution in [1.29, 1.82) is 0 Å². The topological polar surface area (TPSA) is 55.1 Å². The van der Waals surface area contributed by atoms with E-state index in [2.05, 4.69) is 11.2 Å². The largest absolute Gasteiger partial charge is 0.476 e. The first-order valence-corrected chi connectivity index (χ1v) is 4.03. The van der Waals surface area contributed by atoms with E-state index in [0.29, 0.717) is 0 Å². The van der Waals surface area contributed by atoms with Crippen LogP contribution in [0.1, 0.15) is 10.5 Å². The summed E-state index contributed by atoms with van der Waals surface area (Å²) in [6, 6.07) is 11.6. The van der Waals surface area contributed by atoms with Crippen LogP contribution < -0.4 is 0 Å². The van der Waals surface area contributed by atoms with Crippen LogP contribution in [0.25, 0.3) is 5.69 Å². The Morgan fingerprint density at radius 1 is 1.40 bits per heavy atom. The summed E-state index contributed by atoms with van der Waals surface area (Å²) >= 11 is 0. The van der Waals surface area contributed by atoms with Gasteiger partial charge in [0.1, 0.15) is 0 Å². The molecule has 1 heterocycles. The van der Waals surface area contributed by atoms with Crippen LogP contribution in [0.5, 0.6) is 0 Å². The molecule has 4 nitrogen and oxygen atoms in total. The second kappa shape index (κ2) is 4.86. The Bertz CT molecular complexity index is 453. The van der Waals surface area contributed by atoms with Gasteiger partial charge in [-0.05, 0) is 11.8 Å². The number of carboxylic acids is 1. The summed E-state index contributed by atoms with van der Waals surface area (Å²) in [5, 5.41) is 12.5. The zero-order chi connectivity index (χ0) is 9.97. The Hall–Kier alpha value is -1.45. The Morgan fingerprint density at radius 2 is 2.20 bits per heavy atom. The zero-order valence-corrected chi connectivity index (χ0v) is 9.94. The SMILES string of the molecule is O=C(O)c1ccn(-c2[c-]cccc2)n1.[Ir]. The van der Waals surface area contributed by atoms with Crippen molar-refractivity contribution in [1.82, 2.24) is 9.78 Å². The molecule has 0 aliphatic rings. The van der Waals surface area contributed by atoms with E-state index in [1.165, 1.54) is 10.7 Å². The molecule has 0 unspecified atom stereocenters. The van der Waals surface area contributed by atoms with E-state index in [9.17, 15) is 4.79 Å². The summed E-state index contributed by atoms with van der Waals surface area (Å²) in [5.41, 5.74) is 0.752. The summed E-state index contributed by atoms with van der Waals surface area (Å²) in [6.07, 6.45) is 1.59. The van der Waals surface area contributed by atoms with Gasteiger partial charge in [-0.25, -0.2) is 4.79 Å². The molecule has 0 fully saturated rings. The Labute approximate surface area is 99.9 Å². The maximum atomic E-state index is 10.6. The van der Waals surface area contributed by atoms with Gasteiger partial charge in [0.05, 0.1) is 0 Å². The third-order valence-corrected chi connectivity index (χ3v) is 1.75. The summed E-state index contributed by atoms with van der Waals surface area (Å²) in [4.78, 5) is 10.6. The van der Waals surface area contributed by atoms with Crippen molar-refractivity contribution < 1.29 is 30.0 Å². The second-order valence-corrected chi connectivity index (χ2v) is 2.70. The van der Waals surface area contributed by atoms with Crippen LogP contribution in [0.15, 0.2) is 36.5 Å². The van der Waals surface area contributed by atoms with Crippen molar-refractivity contribution in [2.45, 2.75) is 0 Å². The van der Waals surface area contributed by atoms with Crippen LogP contribution in [-0.4, -0.2) is 20.9 Å². The molecule has 79 valence electrons. The molecule has 15 heavy (non-hydrogen) atoms. The van der Waals surface area contributed by atoms with E-state index < -0.39 is 5.97 Å². The average Bonchev–Trinajstić information content (AvgIpc) is 2.68. The fourth-order valence-corrected chi connectivity index (χ4v) is 1.10. The zero-order valence-electron chi connectivity index (χ0n) is 7.55. The molecule has 0 saturated heterocycles. The number of nitrogens with zero attached hydrogens (tertiary/aromatic N) is 2. The number of rotatable bonds is 2. The van der Waals surface area contributed by atoms with Gasteiger partial charge in [-0.1, -0.05) is 0 Å². The molecular weight excluding hydrogens is 372 g/mol. The smallest absolute Gasteiger partial charge is 0.356 e. The second-order valence-electron chi connectivity index (χ2n) is 2.70. The van der Waals surface area contributed by atoms with Gasteiger partial charge in [-0.15, -0.1) is 6.07 Å². The van der Waals surface area contributed by atoms with Crippen molar-refractivity contribution in [3.8, 4) is 5.69 Å². The number of hydrogen-bond acceptors (Lipinski definition) is 2. The van der Waals surface area contributed by atoms with E-state index in [1.54, 1.807) is 18.3 Å². The number of para-hydroxylation sites is 1. The number of carboxylic acid groups (broad SMARTS) is 1. The first kappa shape index (κ1) is 11.6. The van der Waals surface area contributed by atoms with E-state index in [4.69, 9.17) is 5.11 Å². The number of benzene rings is 1. The molecule has 1 aromatic carbocycles.